The number of rotatable bonds is 2. The van der Waals surface area contributed by atoms with Gasteiger partial charge in [0.05, 0.1) is 6.54 Å². The van der Waals surface area contributed by atoms with Gasteiger partial charge in [-0.05, 0) is 24.3 Å². The van der Waals surface area contributed by atoms with E-state index >= 15 is 0 Å². The Kier molecular flexibility index (Phi) is 2.53. The molecule has 0 fully saturated rings. The third-order valence-corrected chi connectivity index (χ3v) is 2.43. The van der Waals surface area contributed by atoms with Crippen molar-refractivity contribution in [1.29, 1.82) is 0 Å². The van der Waals surface area contributed by atoms with Gasteiger partial charge in [-0.2, -0.15) is 0 Å². The zero-order chi connectivity index (χ0) is 10.1. The van der Waals surface area contributed by atoms with Crippen LogP contribution in [0, 0.1) is 0 Å². The highest BCUT2D eigenvalue weighted by Crippen LogP contribution is 2.21. The molecule has 0 radical (unpaired) electrons. The molecule has 0 aliphatic carbocycles. The Hall–Kier alpha value is -0.920. The van der Waals surface area contributed by atoms with Crippen LogP contribution in [-0.4, -0.2) is 4.57 Å². The molecule has 0 bridgehead atoms. The molecular weight excluding hydrogens is 217 g/mol. The zero-order valence-electron chi connectivity index (χ0n) is 7.50. The number of allylic oxidation sites excluding steroid dienone is 1. The molecule has 0 atom stereocenters. The first-order valence-corrected chi connectivity index (χ1v) is 5.00. The highest BCUT2D eigenvalue weighted by Gasteiger charge is 2.01. The van der Waals surface area contributed by atoms with E-state index in [1.54, 1.807) is 0 Å². The minimum absolute atomic E-state index is 0.623. The molecule has 2 aromatic rings. The number of fused-ring (bicyclic) bond motifs is 1. The molecule has 72 valence electrons. The van der Waals surface area contributed by atoms with Crippen LogP contribution in [0.25, 0.3) is 10.9 Å². The summed E-state index contributed by atoms with van der Waals surface area (Å²) in [5, 5.41) is 2.49. The van der Waals surface area contributed by atoms with E-state index in [2.05, 4.69) is 6.58 Å². The maximum atomic E-state index is 5.88. The van der Waals surface area contributed by atoms with Crippen LogP contribution in [0.5, 0.6) is 0 Å². The first kappa shape index (κ1) is 9.63. The Balaban J connectivity index is 2.52. The molecule has 0 N–H and O–H groups in total. The van der Waals surface area contributed by atoms with Crippen molar-refractivity contribution in [3.05, 3.63) is 47.1 Å². The van der Waals surface area contributed by atoms with Crippen molar-refractivity contribution in [1.82, 2.24) is 4.57 Å². The van der Waals surface area contributed by atoms with Crippen LogP contribution in [0.15, 0.2) is 42.1 Å². The average Bonchev–Trinajstić information content (AvgIpc) is 2.47. The van der Waals surface area contributed by atoms with Gasteiger partial charge in [0.25, 0.3) is 0 Å². The number of benzene rings is 1. The molecule has 14 heavy (non-hydrogen) atoms. The summed E-state index contributed by atoms with van der Waals surface area (Å²) < 4.78 is 2.04. The SMILES string of the molecule is C=C(Cl)Cn1ccc2cc(Cl)ccc21. The summed E-state index contributed by atoms with van der Waals surface area (Å²) in [6.45, 7) is 4.30. The van der Waals surface area contributed by atoms with E-state index < -0.39 is 0 Å². The van der Waals surface area contributed by atoms with E-state index in [-0.39, 0.29) is 0 Å². The largest absolute Gasteiger partial charge is 0.342 e. The molecule has 3 heteroatoms. The molecule has 0 aliphatic rings. The van der Waals surface area contributed by atoms with E-state index in [1.807, 2.05) is 35.0 Å². The summed E-state index contributed by atoms with van der Waals surface area (Å²) in [6.07, 6.45) is 1.98. The van der Waals surface area contributed by atoms with Crippen molar-refractivity contribution in [3.63, 3.8) is 0 Å². The number of hydrogen-bond donors (Lipinski definition) is 0. The van der Waals surface area contributed by atoms with Crippen molar-refractivity contribution >= 4 is 34.1 Å². The van der Waals surface area contributed by atoms with Gasteiger partial charge in [0.15, 0.2) is 0 Å². The first-order chi connectivity index (χ1) is 6.66. The van der Waals surface area contributed by atoms with Gasteiger partial charge in [-0.1, -0.05) is 29.8 Å². The van der Waals surface area contributed by atoms with Gasteiger partial charge in [0, 0.05) is 27.2 Å². The van der Waals surface area contributed by atoms with Gasteiger partial charge in [-0.25, -0.2) is 0 Å². The van der Waals surface area contributed by atoms with E-state index in [4.69, 9.17) is 23.2 Å². The fourth-order valence-corrected chi connectivity index (χ4v) is 1.80. The maximum absolute atomic E-state index is 5.88. The van der Waals surface area contributed by atoms with Crippen LogP contribution in [0.2, 0.25) is 5.02 Å². The molecule has 1 aromatic heterocycles. The fourth-order valence-electron chi connectivity index (χ4n) is 1.49. The molecule has 0 aliphatic heterocycles. The number of aromatic nitrogens is 1. The predicted molar refractivity (Wildman–Crippen MR) is 61.9 cm³/mol. The van der Waals surface area contributed by atoms with Crippen LogP contribution in [0.1, 0.15) is 0 Å². The second-order valence-electron chi connectivity index (χ2n) is 3.16. The average molecular weight is 226 g/mol. The normalized spacial score (nSPS) is 10.7. The molecule has 0 amide bonds. The Bertz CT molecular complexity index is 485. The summed E-state index contributed by atoms with van der Waals surface area (Å²) in [5.74, 6) is 0. The Labute approximate surface area is 92.5 Å². The lowest BCUT2D eigenvalue weighted by atomic mass is 10.2. The summed E-state index contributed by atoms with van der Waals surface area (Å²) in [4.78, 5) is 0. The summed E-state index contributed by atoms with van der Waals surface area (Å²) >= 11 is 11.6. The van der Waals surface area contributed by atoms with Crippen molar-refractivity contribution in [2.45, 2.75) is 6.54 Å². The Morgan fingerprint density at radius 1 is 1.36 bits per heavy atom. The van der Waals surface area contributed by atoms with Gasteiger partial charge < -0.3 is 4.57 Å². The number of halogens is 2. The van der Waals surface area contributed by atoms with Crippen molar-refractivity contribution < 1.29 is 0 Å². The quantitative estimate of drug-likeness (QED) is 0.727. The van der Waals surface area contributed by atoms with Crippen LogP contribution >= 0.6 is 23.2 Å². The van der Waals surface area contributed by atoms with Crippen LogP contribution < -0.4 is 0 Å². The van der Waals surface area contributed by atoms with Gasteiger partial charge in [0.2, 0.25) is 0 Å². The second-order valence-corrected chi connectivity index (χ2v) is 4.13. The minimum atomic E-state index is 0.623. The smallest absolute Gasteiger partial charge is 0.0577 e. The predicted octanol–water partition coefficient (Wildman–Crippen LogP) is 4.05. The molecule has 0 spiro atoms. The first-order valence-electron chi connectivity index (χ1n) is 4.24. The van der Waals surface area contributed by atoms with Crippen molar-refractivity contribution in [2.75, 3.05) is 0 Å². The molecule has 0 saturated carbocycles. The molecule has 1 nitrogen and oxygen atoms in total. The number of nitrogens with zero attached hydrogens (tertiary/aromatic N) is 1. The van der Waals surface area contributed by atoms with Gasteiger partial charge in [0.1, 0.15) is 0 Å². The number of hydrogen-bond acceptors (Lipinski definition) is 0. The maximum Gasteiger partial charge on any atom is 0.0577 e. The molecule has 1 heterocycles. The standard InChI is InChI=1S/C11H9Cl2N/c1-8(12)7-14-5-4-9-6-10(13)2-3-11(9)14/h2-6H,1,7H2. The minimum Gasteiger partial charge on any atom is -0.342 e. The second kappa shape index (κ2) is 3.68. The van der Waals surface area contributed by atoms with E-state index in [9.17, 15) is 0 Å². The van der Waals surface area contributed by atoms with Crippen LogP contribution in [0.4, 0.5) is 0 Å². The van der Waals surface area contributed by atoms with E-state index in [1.165, 1.54) is 0 Å². The Morgan fingerprint density at radius 3 is 2.86 bits per heavy atom. The lowest BCUT2D eigenvalue weighted by molar-refractivity contribution is 0.853. The van der Waals surface area contributed by atoms with Gasteiger partial charge in [-0.3, -0.25) is 0 Å². The monoisotopic (exact) mass is 225 g/mol. The lowest BCUT2D eigenvalue weighted by Gasteiger charge is -2.02. The Morgan fingerprint density at radius 2 is 2.14 bits per heavy atom. The molecular formula is C11H9Cl2N. The van der Waals surface area contributed by atoms with E-state index in [0.29, 0.717) is 11.6 Å². The van der Waals surface area contributed by atoms with Gasteiger partial charge >= 0.3 is 0 Å². The van der Waals surface area contributed by atoms with Gasteiger partial charge in [-0.15, -0.1) is 0 Å². The highest BCUT2D eigenvalue weighted by atomic mass is 35.5. The highest BCUT2D eigenvalue weighted by molar-refractivity contribution is 6.31. The third kappa shape index (κ3) is 1.79. The van der Waals surface area contributed by atoms with Crippen molar-refractivity contribution in [3.8, 4) is 0 Å². The fraction of sp³-hybridized carbons (Fsp3) is 0.0909. The topological polar surface area (TPSA) is 4.93 Å². The molecule has 1 aromatic carbocycles. The molecule has 0 unspecified atom stereocenters. The molecule has 0 saturated heterocycles. The summed E-state index contributed by atoms with van der Waals surface area (Å²) in [7, 11) is 0. The molecule has 2 rings (SSSR count). The third-order valence-electron chi connectivity index (χ3n) is 2.07. The van der Waals surface area contributed by atoms with Crippen molar-refractivity contribution in [2.24, 2.45) is 0 Å². The van der Waals surface area contributed by atoms with Crippen LogP contribution in [0.3, 0.4) is 0 Å². The summed E-state index contributed by atoms with van der Waals surface area (Å²) in [6, 6.07) is 7.81. The van der Waals surface area contributed by atoms with Crippen LogP contribution in [-0.2, 0) is 6.54 Å². The summed E-state index contributed by atoms with van der Waals surface area (Å²) in [5.41, 5.74) is 1.12. The van der Waals surface area contributed by atoms with E-state index in [0.717, 1.165) is 15.9 Å². The zero-order valence-corrected chi connectivity index (χ0v) is 9.02. The lowest BCUT2D eigenvalue weighted by Crippen LogP contribution is -1.94.